The van der Waals surface area contributed by atoms with Crippen molar-refractivity contribution in [2.75, 3.05) is 36.4 Å². The van der Waals surface area contributed by atoms with E-state index in [-0.39, 0.29) is 0 Å². The molecule has 0 saturated carbocycles. The fraction of sp³-hybridized carbons (Fsp3) is 0.273. The van der Waals surface area contributed by atoms with Crippen LogP contribution in [0.25, 0.3) is 0 Å². The summed E-state index contributed by atoms with van der Waals surface area (Å²) in [6.45, 7) is 5.96. The van der Waals surface area contributed by atoms with E-state index in [0.717, 1.165) is 17.2 Å². The Labute approximate surface area is 177 Å². The van der Waals surface area contributed by atoms with E-state index in [1.165, 1.54) is 5.56 Å². The zero-order chi connectivity index (χ0) is 21.1. The zero-order valence-corrected chi connectivity index (χ0v) is 17.9. The van der Waals surface area contributed by atoms with Gasteiger partial charge < -0.3 is 10.2 Å². The van der Waals surface area contributed by atoms with Crippen LogP contribution in [0.15, 0.2) is 65.6 Å². The van der Waals surface area contributed by atoms with Gasteiger partial charge >= 0.3 is 0 Å². The Balaban J connectivity index is 1.47. The second-order valence-corrected chi connectivity index (χ2v) is 9.32. The van der Waals surface area contributed by atoms with Gasteiger partial charge in [-0.1, -0.05) is 35.9 Å². The number of anilines is 3. The van der Waals surface area contributed by atoms with Crippen LogP contribution in [0.1, 0.15) is 11.3 Å². The molecule has 1 saturated heterocycles. The van der Waals surface area contributed by atoms with Crippen LogP contribution in [0.4, 0.5) is 17.5 Å². The SMILES string of the molecule is Cc1ccc(Nc2nc(C)cc(N3CCN(S(=O)(=O)c4ccccc4)CC3)n2)cc1. The average molecular weight is 424 g/mol. The molecule has 2 heterocycles. The summed E-state index contributed by atoms with van der Waals surface area (Å²) in [6.07, 6.45) is 0. The number of benzene rings is 2. The van der Waals surface area contributed by atoms with E-state index >= 15 is 0 Å². The van der Waals surface area contributed by atoms with Crippen molar-refractivity contribution in [3.63, 3.8) is 0 Å². The second-order valence-electron chi connectivity index (χ2n) is 7.39. The molecule has 1 aromatic heterocycles. The molecule has 1 aliphatic rings. The number of aromatic nitrogens is 2. The van der Waals surface area contributed by atoms with Crippen molar-refractivity contribution in [2.45, 2.75) is 18.7 Å². The van der Waals surface area contributed by atoms with Crippen molar-refractivity contribution in [3.8, 4) is 0 Å². The first kappa shape index (κ1) is 20.3. The minimum absolute atomic E-state index is 0.334. The van der Waals surface area contributed by atoms with Gasteiger partial charge in [0.05, 0.1) is 4.90 Å². The Hall–Kier alpha value is -2.97. The molecule has 8 heteroatoms. The number of nitrogens with zero attached hydrogens (tertiary/aromatic N) is 4. The van der Waals surface area contributed by atoms with Gasteiger partial charge in [-0.2, -0.15) is 9.29 Å². The number of hydrogen-bond acceptors (Lipinski definition) is 6. The van der Waals surface area contributed by atoms with Crippen molar-refractivity contribution >= 4 is 27.5 Å². The largest absolute Gasteiger partial charge is 0.354 e. The quantitative estimate of drug-likeness (QED) is 0.678. The molecule has 3 aromatic rings. The smallest absolute Gasteiger partial charge is 0.243 e. The van der Waals surface area contributed by atoms with Gasteiger partial charge in [0.15, 0.2) is 0 Å². The number of hydrogen-bond donors (Lipinski definition) is 1. The summed E-state index contributed by atoms with van der Waals surface area (Å²) in [6, 6.07) is 18.6. The maximum absolute atomic E-state index is 12.8. The van der Waals surface area contributed by atoms with Gasteiger partial charge in [0, 0.05) is 43.6 Å². The van der Waals surface area contributed by atoms with Crippen LogP contribution in [-0.2, 0) is 10.0 Å². The van der Waals surface area contributed by atoms with Gasteiger partial charge in [-0.3, -0.25) is 0 Å². The van der Waals surface area contributed by atoms with Gasteiger partial charge in [-0.25, -0.2) is 13.4 Å². The van der Waals surface area contributed by atoms with Gasteiger partial charge in [-0.05, 0) is 38.1 Å². The van der Waals surface area contributed by atoms with Crippen molar-refractivity contribution in [2.24, 2.45) is 0 Å². The first-order chi connectivity index (χ1) is 14.4. The van der Waals surface area contributed by atoms with Gasteiger partial charge in [-0.15, -0.1) is 0 Å². The molecule has 4 rings (SSSR count). The summed E-state index contributed by atoms with van der Waals surface area (Å²) < 4.78 is 27.2. The Morgan fingerprint density at radius 2 is 1.53 bits per heavy atom. The summed E-state index contributed by atoms with van der Waals surface area (Å²) >= 11 is 0. The standard InChI is InChI=1S/C22H25N5O2S/c1-17-8-10-19(11-9-17)24-22-23-18(2)16-21(25-22)26-12-14-27(15-13-26)30(28,29)20-6-4-3-5-7-20/h3-11,16H,12-15H2,1-2H3,(H,23,24,25). The molecule has 1 N–H and O–H groups in total. The Bertz CT molecular complexity index is 1110. The molecule has 0 spiro atoms. The van der Waals surface area contributed by atoms with Gasteiger partial charge in [0.2, 0.25) is 16.0 Å². The molecule has 0 radical (unpaired) electrons. The van der Waals surface area contributed by atoms with Crippen molar-refractivity contribution in [3.05, 3.63) is 71.9 Å². The molecule has 30 heavy (non-hydrogen) atoms. The molecular weight excluding hydrogens is 398 g/mol. The van der Waals surface area contributed by atoms with Crippen LogP contribution in [0.3, 0.4) is 0 Å². The first-order valence-electron chi connectivity index (χ1n) is 9.91. The van der Waals surface area contributed by atoms with Crippen molar-refractivity contribution in [1.29, 1.82) is 0 Å². The molecule has 0 bridgehead atoms. The van der Waals surface area contributed by atoms with E-state index in [9.17, 15) is 8.42 Å². The van der Waals surface area contributed by atoms with Gasteiger partial charge in [0.25, 0.3) is 0 Å². The van der Waals surface area contributed by atoms with Crippen LogP contribution < -0.4 is 10.2 Å². The molecule has 1 aliphatic heterocycles. The molecule has 1 fully saturated rings. The topological polar surface area (TPSA) is 78.4 Å². The number of nitrogens with one attached hydrogen (secondary N) is 1. The lowest BCUT2D eigenvalue weighted by molar-refractivity contribution is 0.384. The number of piperazine rings is 1. The normalized spacial score (nSPS) is 15.2. The highest BCUT2D eigenvalue weighted by Crippen LogP contribution is 2.22. The monoisotopic (exact) mass is 423 g/mol. The average Bonchev–Trinajstić information content (AvgIpc) is 2.76. The number of aryl methyl sites for hydroxylation is 2. The molecular formula is C22H25N5O2S. The van der Waals surface area contributed by atoms with E-state index in [2.05, 4.69) is 20.2 Å². The van der Waals surface area contributed by atoms with Crippen LogP contribution in [-0.4, -0.2) is 48.9 Å². The Kier molecular flexibility index (Phi) is 5.69. The predicted octanol–water partition coefficient (Wildman–Crippen LogP) is 3.35. The maximum atomic E-state index is 12.8. The molecule has 0 amide bonds. The maximum Gasteiger partial charge on any atom is 0.243 e. The second kappa shape index (κ2) is 8.41. The molecule has 7 nitrogen and oxygen atoms in total. The summed E-state index contributed by atoms with van der Waals surface area (Å²) in [5.41, 5.74) is 2.97. The zero-order valence-electron chi connectivity index (χ0n) is 17.1. The Morgan fingerprint density at radius 3 is 2.20 bits per heavy atom. The van der Waals surface area contributed by atoms with E-state index in [1.807, 2.05) is 50.2 Å². The molecule has 156 valence electrons. The van der Waals surface area contributed by atoms with E-state index < -0.39 is 10.0 Å². The fourth-order valence-electron chi connectivity index (χ4n) is 3.43. The van der Waals surface area contributed by atoms with E-state index in [0.29, 0.717) is 37.0 Å². The number of sulfonamides is 1. The molecule has 0 aliphatic carbocycles. The highest BCUT2D eigenvalue weighted by Gasteiger charge is 2.29. The Morgan fingerprint density at radius 1 is 0.867 bits per heavy atom. The van der Waals surface area contributed by atoms with Gasteiger partial charge in [0.1, 0.15) is 5.82 Å². The molecule has 0 atom stereocenters. The third kappa shape index (κ3) is 4.44. The van der Waals surface area contributed by atoms with Crippen LogP contribution in [0.2, 0.25) is 0 Å². The van der Waals surface area contributed by atoms with Crippen molar-refractivity contribution in [1.82, 2.24) is 14.3 Å². The minimum atomic E-state index is -3.47. The summed E-state index contributed by atoms with van der Waals surface area (Å²) in [5, 5.41) is 3.25. The summed E-state index contributed by atoms with van der Waals surface area (Å²) in [5.74, 6) is 1.34. The third-order valence-electron chi connectivity index (χ3n) is 5.09. The minimum Gasteiger partial charge on any atom is -0.354 e. The van der Waals surface area contributed by atoms with E-state index in [1.54, 1.807) is 28.6 Å². The van der Waals surface area contributed by atoms with Crippen LogP contribution >= 0.6 is 0 Å². The van der Waals surface area contributed by atoms with Crippen molar-refractivity contribution < 1.29 is 8.42 Å². The summed E-state index contributed by atoms with van der Waals surface area (Å²) in [7, 11) is -3.47. The third-order valence-corrected chi connectivity index (χ3v) is 7.00. The highest BCUT2D eigenvalue weighted by atomic mass is 32.2. The lowest BCUT2D eigenvalue weighted by atomic mass is 10.2. The molecule has 2 aromatic carbocycles. The predicted molar refractivity (Wildman–Crippen MR) is 119 cm³/mol. The first-order valence-corrected chi connectivity index (χ1v) is 11.4. The molecule has 0 unspecified atom stereocenters. The fourth-order valence-corrected chi connectivity index (χ4v) is 4.88. The summed E-state index contributed by atoms with van der Waals surface area (Å²) in [4.78, 5) is 11.6. The lowest BCUT2D eigenvalue weighted by Gasteiger charge is -2.34. The number of rotatable bonds is 5. The highest BCUT2D eigenvalue weighted by molar-refractivity contribution is 7.89. The van der Waals surface area contributed by atoms with E-state index in [4.69, 9.17) is 0 Å². The van der Waals surface area contributed by atoms with Crippen LogP contribution in [0.5, 0.6) is 0 Å². The van der Waals surface area contributed by atoms with Crippen LogP contribution in [0, 0.1) is 13.8 Å². The lowest BCUT2D eigenvalue weighted by Crippen LogP contribution is -2.49.